The summed E-state index contributed by atoms with van der Waals surface area (Å²) in [6.07, 6.45) is 5.42. The van der Waals surface area contributed by atoms with E-state index in [2.05, 4.69) is 44.8 Å². The van der Waals surface area contributed by atoms with Gasteiger partial charge < -0.3 is 4.90 Å². The summed E-state index contributed by atoms with van der Waals surface area (Å²) in [5, 5.41) is 0. The van der Waals surface area contributed by atoms with Crippen LogP contribution in [0.1, 0.15) is 36.0 Å². The minimum absolute atomic E-state index is 1.13. The van der Waals surface area contributed by atoms with Crippen LogP contribution in [0.25, 0.3) is 0 Å². The lowest BCUT2D eigenvalue weighted by Gasteiger charge is -2.33. The fraction of sp³-hybridized carbons (Fsp3) is 0.647. The molecule has 0 amide bonds. The molecule has 0 bridgehead atoms. The molecule has 2 heterocycles. The second-order valence-corrected chi connectivity index (χ2v) is 7.17. The van der Waals surface area contributed by atoms with Crippen molar-refractivity contribution in [2.75, 3.05) is 32.7 Å². The molecule has 1 saturated heterocycles. The average molecular weight is 337 g/mol. The molecule has 110 valence electrons. The van der Waals surface area contributed by atoms with Crippen molar-refractivity contribution in [3.63, 3.8) is 0 Å². The first-order valence-corrected chi connectivity index (χ1v) is 8.74. The van der Waals surface area contributed by atoms with E-state index in [9.17, 15) is 0 Å². The summed E-state index contributed by atoms with van der Waals surface area (Å²) in [6.45, 7) is 9.64. The van der Waals surface area contributed by atoms with Crippen molar-refractivity contribution in [3.8, 4) is 0 Å². The molecule has 0 aliphatic carbocycles. The Labute approximate surface area is 131 Å². The summed E-state index contributed by atoms with van der Waals surface area (Å²) in [5.74, 6) is 0. The summed E-state index contributed by atoms with van der Waals surface area (Å²) in [7, 11) is 0. The zero-order chi connectivity index (χ0) is 13.9. The van der Waals surface area contributed by atoms with Gasteiger partial charge in [-0.2, -0.15) is 0 Å². The standard InChI is InChI=1S/C17H25BrN2/c1-14-11-15-13-20(8-5-16(15)17(18)12-14)10-9-19-6-3-2-4-7-19/h11-12H,2-10,13H2,1H3. The Morgan fingerprint density at radius 1 is 1.00 bits per heavy atom. The molecule has 0 N–H and O–H groups in total. The van der Waals surface area contributed by atoms with Gasteiger partial charge in [-0.15, -0.1) is 0 Å². The first-order chi connectivity index (χ1) is 9.72. The van der Waals surface area contributed by atoms with E-state index in [-0.39, 0.29) is 0 Å². The second-order valence-electron chi connectivity index (χ2n) is 6.31. The van der Waals surface area contributed by atoms with E-state index in [0.717, 1.165) is 6.54 Å². The minimum atomic E-state index is 1.13. The molecule has 2 nitrogen and oxygen atoms in total. The molecule has 1 aromatic rings. The van der Waals surface area contributed by atoms with Gasteiger partial charge in [-0.25, -0.2) is 0 Å². The van der Waals surface area contributed by atoms with Gasteiger partial charge in [-0.3, -0.25) is 4.90 Å². The molecular weight excluding hydrogens is 312 g/mol. The molecular formula is C17H25BrN2. The van der Waals surface area contributed by atoms with Crippen molar-refractivity contribution in [2.24, 2.45) is 0 Å². The van der Waals surface area contributed by atoms with E-state index in [1.165, 1.54) is 79.6 Å². The maximum atomic E-state index is 3.73. The number of fused-ring (bicyclic) bond motifs is 1. The van der Waals surface area contributed by atoms with Gasteiger partial charge in [0.2, 0.25) is 0 Å². The van der Waals surface area contributed by atoms with Gasteiger partial charge in [-0.1, -0.05) is 28.4 Å². The van der Waals surface area contributed by atoms with Crippen molar-refractivity contribution in [2.45, 2.75) is 39.2 Å². The van der Waals surface area contributed by atoms with Gasteiger partial charge in [0.15, 0.2) is 0 Å². The Balaban J connectivity index is 1.58. The first kappa shape index (κ1) is 14.6. The summed E-state index contributed by atoms with van der Waals surface area (Å²) < 4.78 is 1.31. The average Bonchev–Trinajstić information content (AvgIpc) is 2.45. The summed E-state index contributed by atoms with van der Waals surface area (Å²) in [6, 6.07) is 4.62. The number of hydrogen-bond acceptors (Lipinski definition) is 2. The third-order valence-electron chi connectivity index (χ3n) is 4.69. The van der Waals surface area contributed by atoms with Gasteiger partial charge in [0.25, 0.3) is 0 Å². The van der Waals surface area contributed by atoms with Crippen molar-refractivity contribution in [3.05, 3.63) is 33.3 Å². The van der Waals surface area contributed by atoms with Crippen LogP contribution < -0.4 is 0 Å². The molecule has 2 aliphatic rings. The number of nitrogens with zero attached hydrogens (tertiary/aromatic N) is 2. The van der Waals surface area contributed by atoms with E-state index in [0.29, 0.717) is 0 Å². The van der Waals surface area contributed by atoms with Gasteiger partial charge in [0, 0.05) is 30.7 Å². The molecule has 1 fully saturated rings. The predicted octanol–water partition coefficient (Wildman–Crippen LogP) is 3.60. The van der Waals surface area contributed by atoms with Crippen LogP contribution in [0.4, 0.5) is 0 Å². The molecule has 0 spiro atoms. The van der Waals surface area contributed by atoms with Crippen LogP contribution in [-0.2, 0) is 13.0 Å². The number of aryl methyl sites for hydroxylation is 1. The molecule has 3 heteroatoms. The van der Waals surface area contributed by atoms with Crippen LogP contribution in [0.15, 0.2) is 16.6 Å². The fourth-order valence-corrected chi connectivity index (χ4v) is 4.33. The number of benzene rings is 1. The monoisotopic (exact) mass is 336 g/mol. The van der Waals surface area contributed by atoms with E-state index in [1.807, 2.05) is 0 Å². The zero-order valence-corrected chi connectivity index (χ0v) is 14.1. The molecule has 0 aromatic heterocycles. The number of halogens is 1. The van der Waals surface area contributed by atoms with E-state index < -0.39 is 0 Å². The van der Waals surface area contributed by atoms with Gasteiger partial charge in [0.05, 0.1) is 0 Å². The molecule has 1 aromatic carbocycles. The third kappa shape index (κ3) is 3.44. The zero-order valence-electron chi connectivity index (χ0n) is 12.5. The van der Waals surface area contributed by atoms with E-state index in [4.69, 9.17) is 0 Å². The highest BCUT2D eigenvalue weighted by Crippen LogP contribution is 2.28. The van der Waals surface area contributed by atoms with Gasteiger partial charge >= 0.3 is 0 Å². The quantitative estimate of drug-likeness (QED) is 0.832. The Bertz CT molecular complexity index is 466. The lowest BCUT2D eigenvalue weighted by molar-refractivity contribution is 0.173. The molecule has 3 rings (SSSR count). The Hall–Kier alpha value is -0.380. The Kier molecular flexibility index (Phi) is 4.79. The molecule has 0 atom stereocenters. The summed E-state index contributed by atoms with van der Waals surface area (Å²) in [4.78, 5) is 5.27. The number of rotatable bonds is 3. The molecule has 20 heavy (non-hydrogen) atoms. The largest absolute Gasteiger partial charge is 0.302 e. The van der Waals surface area contributed by atoms with E-state index >= 15 is 0 Å². The second kappa shape index (κ2) is 6.59. The topological polar surface area (TPSA) is 6.48 Å². The van der Waals surface area contributed by atoms with Gasteiger partial charge in [-0.05, 0) is 62.0 Å². The molecule has 0 unspecified atom stereocenters. The van der Waals surface area contributed by atoms with Crippen molar-refractivity contribution in [1.29, 1.82) is 0 Å². The summed E-state index contributed by atoms with van der Waals surface area (Å²) in [5.41, 5.74) is 4.43. The molecule has 2 aliphatic heterocycles. The van der Waals surface area contributed by atoms with Crippen LogP contribution in [0, 0.1) is 6.92 Å². The minimum Gasteiger partial charge on any atom is -0.302 e. The highest BCUT2D eigenvalue weighted by molar-refractivity contribution is 9.10. The van der Waals surface area contributed by atoms with Crippen LogP contribution in [0.5, 0.6) is 0 Å². The van der Waals surface area contributed by atoms with Crippen LogP contribution in [-0.4, -0.2) is 42.5 Å². The highest BCUT2D eigenvalue weighted by Gasteiger charge is 2.19. The first-order valence-electron chi connectivity index (χ1n) is 7.95. The molecule has 0 saturated carbocycles. The van der Waals surface area contributed by atoms with Crippen LogP contribution in [0.3, 0.4) is 0 Å². The van der Waals surface area contributed by atoms with Crippen LogP contribution >= 0.6 is 15.9 Å². The highest BCUT2D eigenvalue weighted by atomic mass is 79.9. The van der Waals surface area contributed by atoms with Gasteiger partial charge in [0.1, 0.15) is 0 Å². The normalized spacial score (nSPS) is 20.9. The lowest BCUT2D eigenvalue weighted by Crippen LogP contribution is -2.39. The fourth-order valence-electron chi connectivity index (χ4n) is 3.51. The predicted molar refractivity (Wildman–Crippen MR) is 88.2 cm³/mol. The van der Waals surface area contributed by atoms with Crippen molar-refractivity contribution >= 4 is 15.9 Å². The Morgan fingerprint density at radius 2 is 1.75 bits per heavy atom. The van der Waals surface area contributed by atoms with Crippen molar-refractivity contribution < 1.29 is 0 Å². The maximum Gasteiger partial charge on any atom is 0.0237 e. The number of hydrogen-bond donors (Lipinski definition) is 0. The number of piperidine rings is 1. The SMILES string of the molecule is Cc1cc(Br)c2c(c1)CN(CCN1CCCCC1)CC2. The summed E-state index contributed by atoms with van der Waals surface area (Å²) >= 11 is 3.73. The molecule has 0 radical (unpaired) electrons. The maximum absolute atomic E-state index is 3.73. The van der Waals surface area contributed by atoms with Crippen LogP contribution in [0.2, 0.25) is 0 Å². The van der Waals surface area contributed by atoms with E-state index in [1.54, 1.807) is 0 Å². The third-order valence-corrected chi connectivity index (χ3v) is 5.39. The van der Waals surface area contributed by atoms with Crippen molar-refractivity contribution in [1.82, 2.24) is 9.80 Å². The Morgan fingerprint density at radius 3 is 2.55 bits per heavy atom. The lowest BCUT2D eigenvalue weighted by atomic mass is 9.98. The smallest absolute Gasteiger partial charge is 0.0237 e. The number of likely N-dealkylation sites (tertiary alicyclic amines) is 1.